The molecule has 0 saturated carbocycles. The molecule has 0 saturated heterocycles. The molecule has 166 valence electrons. The van der Waals surface area contributed by atoms with Crippen LogP contribution in [0.15, 0.2) is 66.4 Å². The lowest BCUT2D eigenvalue weighted by atomic mass is 10.2. The number of halogens is 3. The van der Waals surface area contributed by atoms with Gasteiger partial charge in [0, 0.05) is 4.47 Å². The van der Waals surface area contributed by atoms with E-state index < -0.39 is 11.9 Å². The van der Waals surface area contributed by atoms with Crippen molar-refractivity contribution in [3.8, 4) is 17.2 Å². The number of nitrogens with one attached hydrogen (secondary N) is 1. The number of hydrogen-bond donors (Lipinski definition) is 1. The van der Waals surface area contributed by atoms with Crippen molar-refractivity contribution in [3.05, 3.63) is 71.7 Å². The van der Waals surface area contributed by atoms with Crippen LogP contribution in [0.4, 0.5) is 0 Å². The van der Waals surface area contributed by atoms with E-state index >= 15 is 0 Å². The third-order valence-electron chi connectivity index (χ3n) is 3.83. The molecule has 0 bridgehead atoms. The maximum Gasteiger partial charge on any atom is 0.353 e. The number of esters is 1. The molecule has 0 aliphatic carbocycles. The van der Waals surface area contributed by atoms with Crippen molar-refractivity contribution < 1.29 is 23.8 Å². The summed E-state index contributed by atoms with van der Waals surface area (Å²) >= 11 is 11.4. The van der Waals surface area contributed by atoms with Gasteiger partial charge in [-0.1, -0.05) is 22.0 Å². The van der Waals surface area contributed by atoms with Gasteiger partial charge in [0.05, 0.1) is 22.3 Å². The number of carbonyl (C=O) groups excluding carboxylic acids is 2. The van der Waals surface area contributed by atoms with Gasteiger partial charge in [0.2, 0.25) is 0 Å². The Balaban J connectivity index is 1.57. The summed E-state index contributed by atoms with van der Waals surface area (Å²) in [6.45, 7) is -0.225. The zero-order chi connectivity index (χ0) is 23.1. The zero-order valence-electron chi connectivity index (χ0n) is 16.4. The fraction of sp³-hybridized carbons (Fsp3) is 0.0952. The van der Waals surface area contributed by atoms with Gasteiger partial charge in [-0.25, -0.2) is 10.2 Å². The quantitative estimate of drug-likeness (QED) is 0.145. The minimum absolute atomic E-state index is 0.225. The van der Waals surface area contributed by atoms with E-state index in [-0.39, 0.29) is 12.4 Å². The van der Waals surface area contributed by atoms with E-state index in [0.29, 0.717) is 30.9 Å². The normalized spacial score (nSPS) is 10.8. The van der Waals surface area contributed by atoms with Crippen molar-refractivity contribution in [1.29, 1.82) is 0 Å². The van der Waals surface area contributed by atoms with E-state index in [9.17, 15) is 9.59 Å². The number of methoxy groups -OCH3 is 1. The molecule has 0 atom stereocenters. The number of thiophene rings is 1. The molecule has 3 rings (SSSR count). The van der Waals surface area contributed by atoms with E-state index in [1.807, 2.05) is 12.1 Å². The molecule has 3 aromatic rings. The summed E-state index contributed by atoms with van der Waals surface area (Å²) in [5.74, 6) is 0.252. The van der Waals surface area contributed by atoms with Crippen LogP contribution in [0, 0.1) is 0 Å². The Morgan fingerprint density at radius 1 is 1.09 bits per heavy atom. The maximum atomic E-state index is 12.1. The van der Waals surface area contributed by atoms with Crippen LogP contribution in [0.25, 0.3) is 0 Å². The van der Waals surface area contributed by atoms with Gasteiger partial charge in [-0.15, -0.1) is 11.3 Å². The maximum absolute atomic E-state index is 12.1. The molecule has 1 heterocycles. The summed E-state index contributed by atoms with van der Waals surface area (Å²) in [6.07, 6.45) is 1.44. The first kappa shape index (κ1) is 24.4. The molecule has 0 aliphatic heterocycles. The van der Waals surface area contributed by atoms with Gasteiger partial charge < -0.3 is 14.2 Å². The topological polar surface area (TPSA) is 86.2 Å². The third kappa shape index (κ3) is 6.64. The third-order valence-corrected chi connectivity index (χ3v) is 6.31. The minimum atomic E-state index is -0.462. The number of benzene rings is 2. The monoisotopic (exact) mass is 644 g/mol. The van der Waals surface area contributed by atoms with Crippen molar-refractivity contribution in [2.75, 3.05) is 13.7 Å². The molecule has 7 nitrogen and oxygen atoms in total. The smallest absolute Gasteiger partial charge is 0.353 e. The number of hydrazone groups is 1. The number of rotatable bonds is 8. The lowest BCUT2D eigenvalue weighted by Gasteiger charge is -2.10. The Kier molecular flexibility index (Phi) is 8.85. The molecule has 1 N–H and O–H groups in total. The summed E-state index contributed by atoms with van der Waals surface area (Å²) in [5.41, 5.74) is 3.03. The number of carbonyl (C=O) groups is 2. The van der Waals surface area contributed by atoms with Crippen LogP contribution in [-0.4, -0.2) is 31.8 Å². The largest absolute Gasteiger partial charge is 0.493 e. The predicted octanol–water partition coefficient (Wildman–Crippen LogP) is 5.79. The summed E-state index contributed by atoms with van der Waals surface area (Å²) in [4.78, 5) is 24.7. The van der Waals surface area contributed by atoms with Crippen LogP contribution in [0.3, 0.4) is 0 Å². The molecule has 1 amide bonds. The summed E-state index contributed by atoms with van der Waals surface area (Å²) in [6, 6.07) is 12.0. The highest BCUT2D eigenvalue weighted by Gasteiger charge is 2.14. The molecule has 1 aromatic heterocycles. The first-order valence-corrected chi connectivity index (χ1v) is 12.2. The second kappa shape index (κ2) is 11.6. The molecular formula is C21H15Br3N2O5S. The highest BCUT2D eigenvalue weighted by molar-refractivity contribution is 9.11. The first-order chi connectivity index (χ1) is 15.4. The molecule has 0 spiro atoms. The Morgan fingerprint density at radius 3 is 2.50 bits per heavy atom. The van der Waals surface area contributed by atoms with E-state index in [2.05, 4.69) is 58.3 Å². The van der Waals surface area contributed by atoms with Gasteiger partial charge >= 0.3 is 5.97 Å². The Labute approximate surface area is 213 Å². The van der Waals surface area contributed by atoms with Crippen LogP contribution in [0.2, 0.25) is 0 Å². The fourth-order valence-electron chi connectivity index (χ4n) is 2.41. The van der Waals surface area contributed by atoms with Gasteiger partial charge in [-0.3, -0.25) is 4.79 Å². The standard InChI is InChI=1S/C21H15Br3N2O5S/c1-29-17-7-12(4-5-16(17)31-21(28)18-3-2-6-32-18)10-25-26-19(27)11-30-20-14(23)8-13(22)9-15(20)24/h2-10H,11H2,1H3,(H,26,27)/b25-10+. The van der Waals surface area contributed by atoms with Gasteiger partial charge in [-0.05, 0) is 79.2 Å². The molecule has 11 heteroatoms. The van der Waals surface area contributed by atoms with Crippen molar-refractivity contribution >= 4 is 77.2 Å². The van der Waals surface area contributed by atoms with Crippen LogP contribution < -0.4 is 19.6 Å². The van der Waals surface area contributed by atoms with E-state index in [4.69, 9.17) is 14.2 Å². The van der Waals surface area contributed by atoms with Crippen LogP contribution in [0.5, 0.6) is 17.2 Å². The van der Waals surface area contributed by atoms with Crippen LogP contribution in [0.1, 0.15) is 15.2 Å². The summed E-state index contributed by atoms with van der Waals surface area (Å²) < 4.78 is 18.5. The molecule has 0 unspecified atom stereocenters. The Bertz CT molecular complexity index is 1130. The van der Waals surface area contributed by atoms with Crippen molar-refractivity contribution in [1.82, 2.24) is 5.43 Å². The predicted molar refractivity (Wildman–Crippen MR) is 133 cm³/mol. The van der Waals surface area contributed by atoms with Crippen molar-refractivity contribution in [3.63, 3.8) is 0 Å². The van der Waals surface area contributed by atoms with E-state index in [0.717, 1.165) is 4.47 Å². The average Bonchev–Trinajstić information content (AvgIpc) is 3.29. The highest BCUT2D eigenvalue weighted by Crippen LogP contribution is 2.36. The average molecular weight is 647 g/mol. The second-order valence-electron chi connectivity index (χ2n) is 6.06. The van der Waals surface area contributed by atoms with Crippen LogP contribution in [-0.2, 0) is 4.79 Å². The summed E-state index contributed by atoms with van der Waals surface area (Å²) in [5, 5.41) is 5.72. The van der Waals surface area contributed by atoms with E-state index in [1.165, 1.54) is 24.7 Å². The van der Waals surface area contributed by atoms with Crippen molar-refractivity contribution in [2.45, 2.75) is 0 Å². The molecule has 2 aromatic carbocycles. The number of amides is 1. The summed E-state index contributed by atoms with van der Waals surface area (Å²) in [7, 11) is 1.47. The molecular weight excluding hydrogens is 632 g/mol. The molecule has 32 heavy (non-hydrogen) atoms. The first-order valence-electron chi connectivity index (χ1n) is 8.90. The molecule has 0 fully saturated rings. The van der Waals surface area contributed by atoms with Crippen LogP contribution >= 0.6 is 59.1 Å². The minimum Gasteiger partial charge on any atom is -0.493 e. The Morgan fingerprint density at radius 2 is 1.84 bits per heavy atom. The fourth-order valence-corrected chi connectivity index (χ4v) is 5.50. The highest BCUT2D eigenvalue weighted by atomic mass is 79.9. The van der Waals surface area contributed by atoms with Gasteiger partial charge in [0.15, 0.2) is 18.1 Å². The second-order valence-corrected chi connectivity index (χ2v) is 9.63. The van der Waals surface area contributed by atoms with Gasteiger partial charge in [0.1, 0.15) is 10.6 Å². The number of hydrogen-bond acceptors (Lipinski definition) is 7. The number of nitrogens with zero attached hydrogens (tertiary/aromatic N) is 1. The lowest BCUT2D eigenvalue weighted by Crippen LogP contribution is -2.24. The Hall–Kier alpha value is -2.21. The van der Waals surface area contributed by atoms with Gasteiger partial charge in [-0.2, -0.15) is 5.10 Å². The molecule has 0 aliphatic rings. The number of ether oxygens (including phenoxy) is 3. The SMILES string of the molecule is COc1cc(/C=N/NC(=O)COc2c(Br)cc(Br)cc2Br)ccc1OC(=O)c1cccs1. The van der Waals surface area contributed by atoms with Gasteiger partial charge in [0.25, 0.3) is 5.91 Å². The van der Waals surface area contributed by atoms with Crippen molar-refractivity contribution in [2.24, 2.45) is 5.10 Å². The van der Waals surface area contributed by atoms with E-state index in [1.54, 1.807) is 35.7 Å². The zero-order valence-corrected chi connectivity index (χ0v) is 22.0. The molecule has 0 radical (unpaired) electrons. The lowest BCUT2D eigenvalue weighted by molar-refractivity contribution is -0.123.